The molecule has 0 heterocycles. The molecule has 0 aliphatic heterocycles. The highest BCUT2D eigenvalue weighted by Gasteiger charge is 2.28. The molecule has 2 amide bonds. The lowest BCUT2D eigenvalue weighted by molar-refractivity contribution is 0.249. The topological polar surface area (TPSA) is 103 Å². The van der Waals surface area contributed by atoms with Gasteiger partial charge in [0.25, 0.3) is 0 Å². The molecule has 3 N–H and O–H groups in total. The third-order valence-corrected chi connectivity index (χ3v) is 7.48. The van der Waals surface area contributed by atoms with Crippen molar-refractivity contribution in [3.63, 3.8) is 0 Å². The molecule has 146 valence electrons. The van der Waals surface area contributed by atoms with Crippen LogP contribution in [-0.2, 0) is 9.09 Å². The maximum atomic E-state index is 13.1. The molecule has 0 radical (unpaired) electrons. The largest absolute Gasteiger partial charge is 0.440 e. The van der Waals surface area contributed by atoms with E-state index in [0.717, 1.165) is 17.2 Å². The van der Waals surface area contributed by atoms with Crippen molar-refractivity contribution in [2.45, 2.75) is 27.2 Å². The maximum absolute atomic E-state index is 13.1. The summed E-state index contributed by atoms with van der Waals surface area (Å²) >= 11 is 1.17. The van der Waals surface area contributed by atoms with Crippen LogP contribution in [0.15, 0.2) is 41.5 Å². The molecule has 0 aliphatic carbocycles. The van der Waals surface area contributed by atoms with Gasteiger partial charge in [-0.3, -0.25) is 4.52 Å². The van der Waals surface area contributed by atoms with Crippen LogP contribution < -0.4 is 15.7 Å². The van der Waals surface area contributed by atoms with E-state index in [2.05, 4.69) is 10.5 Å². The zero-order valence-corrected chi connectivity index (χ0v) is 17.3. The van der Waals surface area contributed by atoms with Gasteiger partial charge in [-0.05, 0) is 48.5 Å². The average Bonchev–Trinajstić information content (AvgIpc) is 2.64. The van der Waals surface area contributed by atoms with Gasteiger partial charge in [-0.2, -0.15) is 5.10 Å². The van der Waals surface area contributed by atoms with E-state index in [1.54, 1.807) is 19.9 Å². The molecule has 0 aromatic heterocycles. The lowest BCUT2D eigenvalue weighted by Crippen LogP contribution is -2.25. The van der Waals surface area contributed by atoms with Crippen LogP contribution in [0.2, 0.25) is 0 Å². The van der Waals surface area contributed by atoms with E-state index in [4.69, 9.17) is 14.8 Å². The highest BCUT2D eigenvalue weighted by molar-refractivity contribution is 8.55. The first-order valence-corrected chi connectivity index (χ1v) is 11.7. The molecular formula is C18H24N3O4PS. The van der Waals surface area contributed by atoms with Crippen LogP contribution >= 0.6 is 18.2 Å². The minimum Gasteiger partial charge on any atom is -0.416 e. The van der Waals surface area contributed by atoms with Crippen LogP contribution in [0.4, 0.5) is 4.79 Å². The molecule has 9 heteroatoms. The number of carbonyl (C=O) groups excluding carboxylic acids is 1. The van der Waals surface area contributed by atoms with Crippen LogP contribution in [0, 0.1) is 0 Å². The van der Waals surface area contributed by atoms with Gasteiger partial charge in [-0.15, -0.1) is 0 Å². The zero-order valence-electron chi connectivity index (χ0n) is 15.6. The van der Waals surface area contributed by atoms with Gasteiger partial charge in [0.1, 0.15) is 5.75 Å². The summed E-state index contributed by atoms with van der Waals surface area (Å²) in [5.74, 6) is 1.03. The van der Waals surface area contributed by atoms with E-state index < -0.39 is 12.8 Å². The fraction of sp³-hybridized carbons (Fsp3) is 0.333. The van der Waals surface area contributed by atoms with Crippen LogP contribution in [0.5, 0.6) is 5.75 Å². The standard InChI is InChI=1S/C18H24N3O4PS/c1-4-12-27-26(23,24-5-2)25-16-11-10-14-8-6-7-9-15(14)17(16)13(3)20-21-18(19)22/h6-11H,4-5,12H2,1-3H3,(H3,19,21,22). The summed E-state index contributed by atoms with van der Waals surface area (Å²) in [6.07, 6.45) is 0.846. The highest BCUT2D eigenvalue weighted by Crippen LogP contribution is 2.60. The number of nitrogens with two attached hydrogens (primary N) is 1. The third kappa shape index (κ3) is 5.73. The van der Waals surface area contributed by atoms with Gasteiger partial charge in [0.15, 0.2) is 0 Å². The molecule has 7 nitrogen and oxygen atoms in total. The molecule has 0 saturated carbocycles. The molecule has 0 spiro atoms. The van der Waals surface area contributed by atoms with Crippen molar-refractivity contribution in [2.75, 3.05) is 12.4 Å². The Kier molecular flexibility index (Phi) is 7.71. The normalized spacial score (nSPS) is 14.0. The molecule has 2 rings (SSSR count). The van der Waals surface area contributed by atoms with Crippen molar-refractivity contribution in [3.05, 3.63) is 42.0 Å². The number of benzene rings is 2. The van der Waals surface area contributed by atoms with Crippen LogP contribution in [0.3, 0.4) is 0 Å². The number of primary amides is 1. The number of carbonyl (C=O) groups is 1. The number of amides is 2. The Morgan fingerprint density at radius 2 is 2.00 bits per heavy atom. The fourth-order valence-electron chi connectivity index (χ4n) is 2.47. The Bertz CT molecular complexity index is 888. The average molecular weight is 409 g/mol. The van der Waals surface area contributed by atoms with Gasteiger partial charge in [0.2, 0.25) is 0 Å². The Balaban J connectivity index is 2.55. The number of hydrogen-bond acceptors (Lipinski definition) is 6. The fourth-order valence-corrected chi connectivity index (χ4v) is 5.92. The van der Waals surface area contributed by atoms with E-state index in [-0.39, 0.29) is 6.61 Å². The number of nitrogens with one attached hydrogen (secondary N) is 1. The van der Waals surface area contributed by atoms with Crippen LogP contribution in [0.1, 0.15) is 32.8 Å². The molecule has 27 heavy (non-hydrogen) atoms. The Hall–Kier alpha value is -2.02. The van der Waals surface area contributed by atoms with Gasteiger partial charge in [-0.1, -0.05) is 37.3 Å². The second kappa shape index (κ2) is 9.78. The van der Waals surface area contributed by atoms with Crippen molar-refractivity contribution < 1.29 is 18.4 Å². The van der Waals surface area contributed by atoms with Gasteiger partial charge < -0.3 is 10.3 Å². The predicted molar refractivity (Wildman–Crippen MR) is 111 cm³/mol. The summed E-state index contributed by atoms with van der Waals surface area (Å²) in [5, 5.41) is 5.83. The minimum absolute atomic E-state index is 0.271. The zero-order chi connectivity index (χ0) is 19.9. The first kappa shape index (κ1) is 21.3. The minimum atomic E-state index is -3.39. The van der Waals surface area contributed by atoms with Crippen molar-refractivity contribution in [1.29, 1.82) is 0 Å². The van der Waals surface area contributed by atoms with E-state index >= 15 is 0 Å². The molecule has 0 aliphatic rings. The second-order valence-electron chi connectivity index (χ2n) is 5.62. The Morgan fingerprint density at radius 3 is 2.67 bits per heavy atom. The quantitative estimate of drug-likeness (QED) is 0.348. The van der Waals surface area contributed by atoms with Gasteiger partial charge in [0.05, 0.1) is 12.3 Å². The Labute approximate surface area is 163 Å². The number of fused-ring (bicyclic) bond motifs is 1. The van der Waals surface area contributed by atoms with Crippen molar-refractivity contribution in [2.24, 2.45) is 10.8 Å². The molecule has 2 aromatic rings. The first-order chi connectivity index (χ1) is 12.9. The number of urea groups is 1. The van der Waals surface area contributed by atoms with Gasteiger partial charge >= 0.3 is 12.8 Å². The number of nitrogens with zero attached hydrogens (tertiary/aromatic N) is 1. The molecule has 0 fully saturated rings. The van der Waals surface area contributed by atoms with E-state index in [1.165, 1.54) is 11.4 Å². The summed E-state index contributed by atoms with van der Waals surface area (Å²) in [7, 11) is 0. The molecule has 1 unspecified atom stereocenters. The predicted octanol–water partition coefficient (Wildman–Crippen LogP) is 4.90. The summed E-state index contributed by atoms with van der Waals surface area (Å²) in [6, 6.07) is 10.5. The van der Waals surface area contributed by atoms with E-state index in [9.17, 15) is 9.36 Å². The van der Waals surface area contributed by atoms with E-state index in [0.29, 0.717) is 22.8 Å². The number of hydrazone groups is 1. The molecular weight excluding hydrogens is 385 g/mol. The van der Waals surface area contributed by atoms with Crippen molar-refractivity contribution in [1.82, 2.24) is 5.43 Å². The summed E-state index contributed by atoms with van der Waals surface area (Å²) in [5.41, 5.74) is 8.43. The SMILES string of the molecule is CCCSP(=O)(OCC)Oc1ccc2ccccc2c1C(C)=NNC(N)=O. The second-order valence-corrected chi connectivity index (χ2v) is 9.74. The summed E-state index contributed by atoms with van der Waals surface area (Å²) in [4.78, 5) is 11.0. The molecule has 0 bridgehead atoms. The third-order valence-electron chi connectivity index (χ3n) is 3.54. The summed E-state index contributed by atoms with van der Waals surface area (Å²) in [6.45, 7) is 2.37. The number of rotatable bonds is 9. The summed E-state index contributed by atoms with van der Waals surface area (Å²) < 4.78 is 24.4. The van der Waals surface area contributed by atoms with Crippen molar-refractivity contribution >= 4 is 40.7 Å². The van der Waals surface area contributed by atoms with E-state index in [1.807, 2.05) is 37.3 Å². The van der Waals surface area contributed by atoms with Crippen LogP contribution in [-0.4, -0.2) is 24.1 Å². The maximum Gasteiger partial charge on any atom is 0.440 e. The highest BCUT2D eigenvalue weighted by atomic mass is 32.7. The smallest absolute Gasteiger partial charge is 0.416 e. The van der Waals surface area contributed by atoms with Crippen molar-refractivity contribution in [3.8, 4) is 5.75 Å². The lowest BCUT2D eigenvalue weighted by Gasteiger charge is -2.20. The number of hydrogen-bond donors (Lipinski definition) is 2. The van der Waals surface area contributed by atoms with Gasteiger partial charge in [0, 0.05) is 11.3 Å². The molecule has 2 aromatic carbocycles. The molecule has 1 atom stereocenters. The lowest BCUT2D eigenvalue weighted by atomic mass is 10.0. The Morgan fingerprint density at radius 1 is 1.26 bits per heavy atom. The molecule has 0 saturated heterocycles. The first-order valence-electron chi connectivity index (χ1n) is 8.60. The van der Waals surface area contributed by atoms with Gasteiger partial charge in [-0.25, -0.2) is 14.8 Å². The van der Waals surface area contributed by atoms with Crippen LogP contribution in [0.25, 0.3) is 10.8 Å². The monoisotopic (exact) mass is 409 g/mol.